The van der Waals surface area contributed by atoms with Gasteiger partial charge in [0.2, 0.25) is 5.95 Å². The summed E-state index contributed by atoms with van der Waals surface area (Å²) in [6.45, 7) is 8.52. The van der Waals surface area contributed by atoms with Crippen LogP contribution in [0.3, 0.4) is 0 Å². The first-order valence-corrected chi connectivity index (χ1v) is 8.46. The van der Waals surface area contributed by atoms with Crippen molar-refractivity contribution in [3.05, 3.63) is 0 Å². The normalized spacial score (nSPS) is 16.2. The van der Waals surface area contributed by atoms with Crippen LogP contribution in [0, 0.1) is 0 Å². The predicted octanol–water partition coefficient (Wildman–Crippen LogP) is 2.75. The number of nitrogens with one attached hydrogen (secondary N) is 1. The minimum atomic E-state index is 0.0485. The highest BCUT2D eigenvalue weighted by Gasteiger charge is 2.18. The highest BCUT2D eigenvalue weighted by Crippen LogP contribution is 2.28. The number of hydrogen-bond acceptors (Lipinski definition) is 7. The number of nitrogens with zero attached hydrogens (tertiary/aromatic N) is 3. The van der Waals surface area contributed by atoms with Gasteiger partial charge in [-0.2, -0.15) is 15.0 Å². The molecule has 1 aliphatic rings. The molecular weight excluding hydrogens is 288 g/mol. The molecule has 0 aromatic carbocycles. The van der Waals surface area contributed by atoms with Crippen molar-refractivity contribution in [2.24, 2.45) is 0 Å². The first-order chi connectivity index (χ1) is 10.2. The lowest BCUT2D eigenvalue weighted by Gasteiger charge is -2.20. The molecule has 1 N–H and O–H groups in total. The van der Waals surface area contributed by atoms with Gasteiger partial charge < -0.3 is 14.8 Å². The van der Waals surface area contributed by atoms with Crippen molar-refractivity contribution >= 4 is 17.7 Å². The van der Waals surface area contributed by atoms with Gasteiger partial charge in [-0.25, -0.2) is 0 Å². The molecule has 2 heterocycles. The predicted molar refractivity (Wildman–Crippen MR) is 84.1 cm³/mol. The summed E-state index contributed by atoms with van der Waals surface area (Å²) in [5, 5.41) is 4.44. The lowest BCUT2D eigenvalue weighted by Crippen LogP contribution is -2.18. The number of rotatable bonds is 7. The molecule has 0 atom stereocenters. The molecule has 21 heavy (non-hydrogen) atoms. The van der Waals surface area contributed by atoms with E-state index in [2.05, 4.69) is 27.2 Å². The maximum Gasteiger partial charge on any atom is 0.322 e. The summed E-state index contributed by atoms with van der Waals surface area (Å²) in [4.78, 5) is 13.2. The van der Waals surface area contributed by atoms with Crippen molar-refractivity contribution in [3.63, 3.8) is 0 Å². The van der Waals surface area contributed by atoms with Gasteiger partial charge >= 0.3 is 6.01 Å². The number of hydrogen-bond donors (Lipinski definition) is 1. The van der Waals surface area contributed by atoms with Gasteiger partial charge in [0, 0.05) is 25.0 Å². The molecule has 1 saturated heterocycles. The topological polar surface area (TPSA) is 69.2 Å². The van der Waals surface area contributed by atoms with Crippen LogP contribution in [0.25, 0.3) is 0 Å². The van der Waals surface area contributed by atoms with Crippen LogP contribution >= 0.6 is 11.8 Å². The quantitative estimate of drug-likeness (QED) is 0.830. The molecule has 2 rings (SSSR count). The number of anilines is 1. The zero-order chi connectivity index (χ0) is 15.1. The minimum absolute atomic E-state index is 0.0485. The maximum atomic E-state index is 5.62. The Labute approximate surface area is 130 Å². The fourth-order valence-electron chi connectivity index (χ4n) is 1.91. The summed E-state index contributed by atoms with van der Waals surface area (Å²) in [6.07, 6.45) is 3.14. The van der Waals surface area contributed by atoms with Crippen molar-refractivity contribution in [1.29, 1.82) is 0 Å². The third-order valence-electron chi connectivity index (χ3n) is 2.91. The van der Waals surface area contributed by atoms with Gasteiger partial charge in [-0.1, -0.05) is 18.7 Å². The largest absolute Gasteiger partial charge is 0.461 e. The molecule has 0 unspecified atom stereocenters. The molecule has 6 nitrogen and oxygen atoms in total. The zero-order valence-electron chi connectivity index (χ0n) is 13.0. The smallest absolute Gasteiger partial charge is 0.322 e. The standard InChI is InChI=1S/C14H24N4O2S/c1-4-7-15-12-16-13(20-10(2)3)18-14(17-12)21-11-5-8-19-9-6-11/h10-11H,4-9H2,1-3H3,(H,15,16,17,18). The maximum absolute atomic E-state index is 5.62. The number of aromatic nitrogens is 3. The monoisotopic (exact) mass is 312 g/mol. The molecule has 1 aromatic heterocycles. The van der Waals surface area contributed by atoms with E-state index in [9.17, 15) is 0 Å². The van der Waals surface area contributed by atoms with Crippen LogP contribution in [0.5, 0.6) is 6.01 Å². The molecule has 7 heteroatoms. The van der Waals surface area contributed by atoms with Gasteiger partial charge in [0.25, 0.3) is 0 Å². The van der Waals surface area contributed by atoms with Crippen LogP contribution < -0.4 is 10.1 Å². The van der Waals surface area contributed by atoms with E-state index < -0.39 is 0 Å². The minimum Gasteiger partial charge on any atom is -0.461 e. The van der Waals surface area contributed by atoms with Gasteiger partial charge in [0.15, 0.2) is 5.16 Å². The van der Waals surface area contributed by atoms with Gasteiger partial charge in [0.05, 0.1) is 6.10 Å². The van der Waals surface area contributed by atoms with Gasteiger partial charge in [-0.15, -0.1) is 0 Å². The fraction of sp³-hybridized carbons (Fsp3) is 0.786. The average molecular weight is 312 g/mol. The van der Waals surface area contributed by atoms with Crippen LogP contribution in [-0.2, 0) is 4.74 Å². The molecule has 1 aliphatic heterocycles. The van der Waals surface area contributed by atoms with Crippen molar-refractivity contribution in [2.45, 2.75) is 56.5 Å². The Bertz CT molecular complexity index is 439. The molecular formula is C14H24N4O2S. The Morgan fingerprint density at radius 2 is 2.05 bits per heavy atom. The summed E-state index contributed by atoms with van der Waals surface area (Å²) >= 11 is 1.69. The average Bonchev–Trinajstić information content (AvgIpc) is 2.45. The third kappa shape index (κ3) is 5.67. The van der Waals surface area contributed by atoms with E-state index in [-0.39, 0.29) is 6.10 Å². The number of thioether (sulfide) groups is 1. The lowest BCUT2D eigenvalue weighted by atomic mass is 10.2. The Morgan fingerprint density at radius 1 is 1.29 bits per heavy atom. The zero-order valence-corrected chi connectivity index (χ0v) is 13.8. The van der Waals surface area contributed by atoms with Crippen molar-refractivity contribution in [1.82, 2.24) is 15.0 Å². The molecule has 118 valence electrons. The van der Waals surface area contributed by atoms with E-state index in [4.69, 9.17) is 9.47 Å². The summed E-state index contributed by atoms with van der Waals surface area (Å²) in [7, 11) is 0. The van der Waals surface area contributed by atoms with Crippen LogP contribution in [0.1, 0.15) is 40.0 Å². The highest BCUT2D eigenvalue weighted by atomic mass is 32.2. The van der Waals surface area contributed by atoms with Crippen LogP contribution in [0.4, 0.5) is 5.95 Å². The summed E-state index contributed by atoms with van der Waals surface area (Å²) in [5.41, 5.74) is 0. The Hall–Kier alpha value is -1.08. The summed E-state index contributed by atoms with van der Waals surface area (Å²) in [5.74, 6) is 0.594. The Kier molecular flexibility index (Phi) is 6.50. The number of ether oxygens (including phenoxy) is 2. The van der Waals surface area contributed by atoms with Crippen molar-refractivity contribution < 1.29 is 9.47 Å². The van der Waals surface area contributed by atoms with Gasteiger partial charge in [-0.05, 0) is 33.1 Å². The Balaban J connectivity index is 2.09. The van der Waals surface area contributed by atoms with Crippen LogP contribution in [-0.4, -0.2) is 46.1 Å². The van der Waals surface area contributed by atoms with E-state index in [0.29, 0.717) is 17.2 Å². The second-order valence-corrected chi connectivity index (χ2v) is 6.51. The summed E-state index contributed by atoms with van der Waals surface area (Å²) < 4.78 is 11.0. The molecule has 0 spiro atoms. The first kappa shape index (κ1) is 16.3. The van der Waals surface area contributed by atoms with Gasteiger partial charge in [-0.3, -0.25) is 0 Å². The highest BCUT2D eigenvalue weighted by molar-refractivity contribution is 7.99. The van der Waals surface area contributed by atoms with Crippen LogP contribution in [0.2, 0.25) is 0 Å². The lowest BCUT2D eigenvalue weighted by molar-refractivity contribution is 0.1000. The van der Waals surface area contributed by atoms with E-state index >= 15 is 0 Å². The molecule has 0 aliphatic carbocycles. The van der Waals surface area contributed by atoms with E-state index in [1.807, 2.05) is 13.8 Å². The first-order valence-electron chi connectivity index (χ1n) is 7.58. The molecule has 1 fully saturated rings. The second-order valence-electron chi connectivity index (χ2n) is 5.25. The van der Waals surface area contributed by atoms with Crippen molar-refractivity contribution in [3.8, 4) is 6.01 Å². The Morgan fingerprint density at radius 3 is 2.71 bits per heavy atom. The molecule has 1 aromatic rings. The van der Waals surface area contributed by atoms with E-state index in [0.717, 1.165) is 44.2 Å². The van der Waals surface area contributed by atoms with Gasteiger partial charge in [0.1, 0.15) is 0 Å². The van der Waals surface area contributed by atoms with E-state index in [1.54, 1.807) is 11.8 Å². The molecule has 0 radical (unpaired) electrons. The third-order valence-corrected chi connectivity index (χ3v) is 4.11. The van der Waals surface area contributed by atoms with Crippen molar-refractivity contribution in [2.75, 3.05) is 25.1 Å². The molecule has 0 saturated carbocycles. The van der Waals surface area contributed by atoms with E-state index in [1.165, 1.54) is 0 Å². The fourth-order valence-corrected chi connectivity index (χ4v) is 2.91. The SMILES string of the molecule is CCCNc1nc(OC(C)C)nc(SC2CCOCC2)n1. The second kappa shape index (κ2) is 8.38. The summed E-state index contributed by atoms with van der Waals surface area (Å²) in [6, 6.07) is 0.396. The van der Waals surface area contributed by atoms with Crippen LogP contribution in [0.15, 0.2) is 5.16 Å². The molecule has 0 amide bonds. The molecule has 0 bridgehead atoms.